The van der Waals surface area contributed by atoms with Gasteiger partial charge in [0.2, 0.25) is 5.95 Å². The van der Waals surface area contributed by atoms with Gasteiger partial charge in [0.15, 0.2) is 0 Å². The number of hydrogen-bond acceptors (Lipinski definition) is 4. The van der Waals surface area contributed by atoms with Crippen molar-refractivity contribution in [3.05, 3.63) is 51.7 Å². The highest BCUT2D eigenvalue weighted by molar-refractivity contribution is 5.33. The van der Waals surface area contributed by atoms with Crippen LogP contribution in [0.5, 0.6) is 0 Å². The first kappa shape index (κ1) is 11.0. The van der Waals surface area contributed by atoms with Crippen LogP contribution in [-0.2, 0) is 19.4 Å². The minimum atomic E-state index is -0.00816. The number of nitrogens with zero attached hydrogens (tertiary/aromatic N) is 2. The molecule has 92 valence electrons. The summed E-state index contributed by atoms with van der Waals surface area (Å²) in [6.07, 6.45) is 6.30. The van der Waals surface area contributed by atoms with E-state index in [1.165, 1.54) is 0 Å². The van der Waals surface area contributed by atoms with Gasteiger partial charge >= 0.3 is 0 Å². The van der Waals surface area contributed by atoms with Gasteiger partial charge < -0.3 is 5.32 Å². The summed E-state index contributed by atoms with van der Waals surface area (Å²) in [5.74, 6) is 0.546. The van der Waals surface area contributed by atoms with Crippen LogP contribution in [0.1, 0.15) is 23.2 Å². The quantitative estimate of drug-likeness (QED) is 0.850. The molecule has 2 heterocycles. The zero-order valence-corrected chi connectivity index (χ0v) is 9.94. The Morgan fingerprint density at radius 1 is 1.39 bits per heavy atom. The van der Waals surface area contributed by atoms with Gasteiger partial charge in [0.05, 0.1) is 5.69 Å². The highest BCUT2D eigenvalue weighted by Crippen LogP contribution is 2.16. The molecule has 5 nitrogen and oxygen atoms in total. The fraction of sp³-hybridized carbons (Fsp3) is 0.308. The summed E-state index contributed by atoms with van der Waals surface area (Å²) in [5.41, 5.74) is 2.83. The third-order valence-corrected chi connectivity index (χ3v) is 3.12. The molecule has 1 aliphatic rings. The third kappa shape index (κ3) is 2.11. The number of pyridine rings is 1. The van der Waals surface area contributed by atoms with Gasteiger partial charge in [-0.25, -0.2) is 4.98 Å². The Labute approximate surface area is 104 Å². The second-order valence-electron chi connectivity index (χ2n) is 4.41. The van der Waals surface area contributed by atoms with Crippen LogP contribution in [0.3, 0.4) is 0 Å². The molecule has 0 unspecified atom stereocenters. The van der Waals surface area contributed by atoms with E-state index in [1.54, 1.807) is 12.4 Å². The highest BCUT2D eigenvalue weighted by atomic mass is 16.1. The number of aryl methyl sites for hydroxylation is 1. The Morgan fingerprint density at radius 3 is 3.17 bits per heavy atom. The van der Waals surface area contributed by atoms with Crippen molar-refractivity contribution in [1.29, 1.82) is 0 Å². The summed E-state index contributed by atoms with van der Waals surface area (Å²) in [4.78, 5) is 23.1. The Balaban J connectivity index is 1.78. The summed E-state index contributed by atoms with van der Waals surface area (Å²) in [5, 5.41) is 3.12. The van der Waals surface area contributed by atoms with Gasteiger partial charge in [-0.3, -0.25) is 14.8 Å². The summed E-state index contributed by atoms with van der Waals surface area (Å²) < 4.78 is 0. The van der Waals surface area contributed by atoms with Gasteiger partial charge in [-0.2, -0.15) is 0 Å². The van der Waals surface area contributed by atoms with Crippen molar-refractivity contribution in [2.75, 3.05) is 5.32 Å². The molecule has 0 fully saturated rings. The number of hydrogen-bond donors (Lipinski definition) is 2. The van der Waals surface area contributed by atoms with E-state index in [-0.39, 0.29) is 5.56 Å². The first-order chi connectivity index (χ1) is 8.83. The molecule has 3 rings (SSSR count). The molecular formula is C13H14N4O. The van der Waals surface area contributed by atoms with Crippen LogP contribution in [0.25, 0.3) is 0 Å². The van der Waals surface area contributed by atoms with Crippen LogP contribution < -0.4 is 10.9 Å². The fourth-order valence-corrected chi connectivity index (χ4v) is 2.21. The normalized spacial score (nSPS) is 13.3. The van der Waals surface area contributed by atoms with Gasteiger partial charge in [-0.15, -0.1) is 0 Å². The molecule has 2 aromatic heterocycles. The van der Waals surface area contributed by atoms with Crippen molar-refractivity contribution in [2.45, 2.75) is 25.8 Å². The standard InChI is InChI=1S/C13H14N4O/c18-12-10-4-1-5-11(10)16-13(17-12)15-8-9-3-2-6-14-7-9/h2-3,6-7H,1,4-5,8H2,(H2,15,16,17,18). The van der Waals surface area contributed by atoms with Crippen LogP contribution in [0.2, 0.25) is 0 Å². The van der Waals surface area contributed by atoms with Crippen molar-refractivity contribution in [3.8, 4) is 0 Å². The zero-order valence-electron chi connectivity index (χ0n) is 9.94. The predicted octanol–water partition coefficient (Wildman–Crippen LogP) is 1.27. The van der Waals surface area contributed by atoms with E-state index >= 15 is 0 Å². The Hall–Kier alpha value is -2.17. The Morgan fingerprint density at radius 2 is 2.33 bits per heavy atom. The number of aromatic nitrogens is 3. The van der Waals surface area contributed by atoms with Crippen molar-refractivity contribution < 1.29 is 0 Å². The number of aromatic amines is 1. The fourth-order valence-electron chi connectivity index (χ4n) is 2.21. The maximum atomic E-state index is 11.8. The number of H-pyrrole nitrogens is 1. The number of fused-ring (bicyclic) bond motifs is 1. The smallest absolute Gasteiger partial charge is 0.255 e. The number of rotatable bonds is 3. The maximum absolute atomic E-state index is 11.8. The molecule has 1 aliphatic carbocycles. The molecule has 0 aliphatic heterocycles. The second kappa shape index (κ2) is 4.60. The van der Waals surface area contributed by atoms with Gasteiger partial charge in [-0.1, -0.05) is 6.07 Å². The van der Waals surface area contributed by atoms with Crippen molar-refractivity contribution >= 4 is 5.95 Å². The highest BCUT2D eigenvalue weighted by Gasteiger charge is 2.16. The molecule has 2 N–H and O–H groups in total. The van der Waals surface area contributed by atoms with Gasteiger partial charge in [0.1, 0.15) is 0 Å². The van der Waals surface area contributed by atoms with Crippen molar-refractivity contribution in [1.82, 2.24) is 15.0 Å². The molecule has 0 atom stereocenters. The number of nitrogens with one attached hydrogen (secondary N) is 2. The topological polar surface area (TPSA) is 70.7 Å². The average Bonchev–Trinajstić information content (AvgIpc) is 2.86. The Kier molecular flexibility index (Phi) is 2.80. The van der Waals surface area contributed by atoms with E-state index in [0.717, 1.165) is 36.1 Å². The monoisotopic (exact) mass is 242 g/mol. The summed E-state index contributed by atoms with van der Waals surface area (Å²) in [6, 6.07) is 3.86. The van der Waals surface area contributed by atoms with Crippen molar-refractivity contribution in [3.63, 3.8) is 0 Å². The lowest BCUT2D eigenvalue weighted by atomic mass is 10.2. The minimum Gasteiger partial charge on any atom is -0.352 e. The van der Waals surface area contributed by atoms with E-state index in [2.05, 4.69) is 20.3 Å². The summed E-state index contributed by atoms with van der Waals surface area (Å²) >= 11 is 0. The van der Waals surface area contributed by atoms with E-state index < -0.39 is 0 Å². The predicted molar refractivity (Wildman–Crippen MR) is 68.4 cm³/mol. The lowest BCUT2D eigenvalue weighted by Crippen LogP contribution is -2.17. The lowest BCUT2D eigenvalue weighted by Gasteiger charge is -2.06. The van der Waals surface area contributed by atoms with Crippen LogP contribution in [0, 0.1) is 0 Å². The van der Waals surface area contributed by atoms with E-state index in [4.69, 9.17) is 0 Å². The third-order valence-electron chi connectivity index (χ3n) is 3.12. The summed E-state index contributed by atoms with van der Waals surface area (Å²) in [6.45, 7) is 0.607. The first-order valence-electron chi connectivity index (χ1n) is 6.08. The maximum Gasteiger partial charge on any atom is 0.255 e. The molecule has 18 heavy (non-hydrogen) atoms. The first-order valence-corrected chi connectivity index (χ1v) is 6.08. The number of anilines is 1. The Bertz CT molecular complexity index is 606. The molecule has 2 aromatic rings. The average molecular weight is 242 g/mol. The zero-order chi connectivity index (χ0) is 12.4. The minimum absolute atomic E-state index is 0.00816. The molecule has 0 saturated carbocycles. The molecule has 0 saturated heterocycles. The van der Waals surface area contributed by atoms with E-state index in [9.17, 15) is 4.79 Å². The van der Waals surface area contributed by atoms with Crippen LogP contribution >= 0.6 is 0 Å². The van der Waals surface area contributed by atoms with E-state index in [1.807, 2.05) is 12.1 Å². The molecule has 0 amide bonds. The summed E-state index contributed by atoms with van der Waals surface area (Å²) in [7, 11) is 0. The molecule has 0 aromatic carbocycles. The largest absolute Gasteiger partial charge is 0.352 e. The molecule has 5 heteroatoms. The SMILES string of the molecule is O=c1[nH]c(NCc2cccnc2)nc2c1CCC2. The molecular weight excluding hydrogens is 228 g/mol. The van der Waals surface area contributed by atoms with Crippen LogP contribution in [-0.4, -0.2) is 15.0 Å². The van der Waals surface area contributed by atoms with Crippen LogP contribution in [0.4, 0.5) is 5.95 Å². The van der Waals surface area contributed by atoms with E-state index in [0.29, 0.717) is 12.5 Å². The molecule has 0 radical (unpaired) electrons. The van der Waals surface area contributed by atoms with Crippen LogP contribution in [0.15, 0.2) is 29.3 Å². The molecule has 0 spiro atoms. The van der Waals surface area contributed by atoms with Crippen molar-refractivity contribution in [2.24, 2.45) is 0 Å². The van der Waals surface area contributed by atoms with Gasteiger partial charge in [0, 0.05) is 24.5 Å². The second-order valence-corrected chi connectivity index (χ2v) is 4.41. The van der Waals surface area contributed by atoms with Gasteiger partial charge in [0.25, 0.3) is 5.56 Å². The van der Waals surface area contributed by atoms with Gasteiger partial charge in [-0.05, 0) is 30.9 Å². The lowest BCUT2D eigenvalue weighted by molar-refractivity contribution is 0.898. The molecule has 0 bridgehead atoms.